The van der Waals surface area contributed by atoms with E-state index in [-0.39, 0.29) is 0 Å². The van der Waals surface area contributed by atoms with Gasteiger partial charge in [-0.1, -0.05) is 6.07 Å². The number of aromatic nitrogens is 3. The quantitative estimate of drug-likeness (QED) is 0.869. The first-order valence-electron chi connectivity index (χ1n) is 6.08. The Morgan fingerprint density at radius 3 is 3.12 bits per heavy atom. The Kier molecular flexibility index (Phi) is 2.88. The van der Waals surface area contributed by atoms with Gasteiger partial charge < -0.3 is 5.32 Å². The van der Waals surface area contributed by atoms with Gasteiger partial charge in [-0.15, -0.1) is 0 Å². The van der Waals surface area contributed by atoms with Crippen LogP contribution in [0.2, 0.25) is 0 Å². The SMILES string of the molecule is c1cncc(-c2cnn(C[C@H]3CCCN3)c2)c1. The van der Waals surface area contributed by atoms with Gasteiger partial charge in [0.05, 0.1) is 12.7 Å². The molecular weight excluding hydrogens is 212 g/mol. The summed E-state index contributed by atoms with van der Waals surface area (Å²) >= 11 is 0. The van der Waals surface area contributed by atoms with Crippen molar-refractivity contribution in [3.05, 3.63) is 36.9 Å². The lowest BCUT2D eigenvalue weighted by molar-refractivity contribution is 0.476. The third-order valence-electron chi connectivity index (χ3n) is 3.20. The van der Waals surface area contributed by atoms with Crippen molar-refractivity contribution in [1.82, 2.24) is 20.1 Å². The van der Waals surface area contributed by atoms with Crippen molar-refractivity contribution in [2.75, 3.05) is 6.54 Å². The molecule has 1 aliphatic rings. The fraction of sp³-hybridized carbons (Fsp3) is 0.385. The topological polar surface area (TPSA) is 42.7 Å². The van der Waals surface area contributed by atoms with E-state index in [9.17, 15) is 0 Å². The van der Waals surface area contributed by atoms with Crippen molar-refractivity contribution < 1.29 is 0 Å². The molecule has 3 heterocycles. The van der Waals surface area contributed by atoms with Crippen molar-refractivity contribution in [2.24, 2.45) is 0 Å². The van der Waals surface area contributed by atoms with Crippen LogP contribution in [0.3, 0.4) is 0 Å². The van der Waals surface area contributed by atoms with Crippen LogP contribution in [0.4, 0.5) is 0 Å². The Hall–Kier alpha value is -1.68. The molecule has 0 aromatic carbocycles. The minimum atomic E-state index is 0.580. The summed E-state index contributed by atoms with van der Waals surface area (Å²) in [4.78, 5) is 4.12. The molecule has 3 rings (SSSR count). The van der Waals surface area contributed by atoms with Crippen molar-refractivity contribution in [2.45, 2.75) is 25.4 Å². The summed E-state index contributed by atoms with van der Waals surface area (Å²) in [5.74, 6) is 0. The van der Waals surface area contributed by atoms with Gasteiger partial charge in [0, 0.05) is 35.8 Å². The van der Waals surface area contributed by atoms with Crippen molar-refractivity contribution in [3.8, 4) is 11.1 Å². The van der Waals surface area contributed by atoms with E-state index in [2.05, 4.69) is 27.7 Å². The molecule has 0 spiro atoms. The van der Waals surface area contributed by atoms with Gasteiger partial charge >= 0.3 is 0 Å². The van der Waals surface area contributed by atoms with Gasteiger partial charge in [-0.05, 0) is 25.5 Å². The third-order valence-corrected chi connectivity index (χ3v) is 3.20. The Bertz CT molecular complexity index is 471. The lowest BCUT2D eigenvalue weighted by Gasteiger charge is -2.09. The molecule has 4 nitrogen and oxygen atoms in total. The van der Waals surface area contributed by atoms with Crippen LogP contribution in [0, 0.1) is 0 Å². The Morgan fingerprint density at radius 2 is 2.35 bits per heavy atom. The van der Waals surface area contributed by atoms with Crippen LogP contribution < -0.4 is 5.32 Å². The van der Waals surface area contributed by atoms with E-state index in [1.165, 1.54) is 12.8 Å². The average molecular weight is 228 g/mol. The summed E-state index contributed by atoms with van der Waals surface area (Å²) in [5, 5.41) is 7.89. The van der Waals surface area contributed by atoms with Crippen LogP contribution >= 0.6 is 0 Å². The number of nitrogens with one attached hydrogen (secondary N) is 1. The molecule has 0 aliphatic carbocycles. The third kappa shape index (κ3) is 2.36. The molecule has 0 bridgehead atoms. The fourth-order valence-corrected chi connectivity index (χ4v) is 2.28. The molecular formula is C13H16N4. The van der Waals surface area contributed by atoms with E-state index in [1.807, 2.05) is 23.1 Å². The lowest BCUT2D eigenvalue weighted by atomic mass is 10.2. The molecule has 1 saturated heterocycles. The number of nitrogens with zero attached hydrogens (tertiary/aromatic N) is 3. The first-order valence-corrected chi connectivity index (χ1v) is 6.08. The van der Waals surface area contributed by atoms with Gasteiger partial charge in [0.1, 0.15) is 0 Å². The highest BCUT2D eigenvalue weighted by Gasteiger charge is 2.14. The molecule has 1 N–H and O–H groups in total. The smallest absolute Gasteiger partial charge is 0.0568 e. The van der Waals surface area contributed by atoms with Gasteiger partial charge in [-0.25, -0.2) is 0 Å². The van der Waals surface area contributed by atoms with Gasteiger partial charge in [0.2, 0.25) is 0 Å². The van der Waals surface area contributed by atoms with E-state index >= 15 is 0 Å². The summed E-state index contributed by atoms with van der Waals surface area (Å²) in [6.45, 7) is 2.10. The van der Waals surface area contributed by atoms with Crippen molar-refractivity contribution >= 4 is 0 Å². The molecule has 4 heteroatoms. The molecule has 2 aromatic heterocycles. The van der Waals surface area contributed by atoms with Crippen LogP contribution in [0.25, 0.3) is 11.1 Å². The highest BCUT2D eigenvalue weighted by Crippen LogP contribution is 2.17. The first-order chi connectivity index (χ1) is 8.42. The van der Waals surface area contributed by atoms with Crippen LogP contribution in [0.1, 0.15) is 12.8 Å². The highest BCUT2D eigenvalue weighted by molar-refractivity contribution is 5.60. The molecule has 1 aliphatic heterocycles. The molecule has 17 heavy (non-hydrogen) atoms. The zero-order chi connectivity index (χ0) is 11.5. The first kappa shape index (κ1) is 10.5. The number of hydrogen-bond acceptors (Lipinski definition) is 3. The van der Waals surface area contributed by atoms with E-state index in [1.54, 1.807) is 6.20 Å². The largest absolute Gasteiger partial charge is 0.312 e. The van der Waals surface area contributed by atoms with Crippen LogP contribution in [-0.2, 0) is 6.54 Å². The normalized spacial score (nSPS) is 19.6. The molecule has 0 unspecified atom stereocenters. The predicted molar refractivity (Wildman–Crippen MR) is 66.5 cm³/mol. The van der Waals surface area contributed by atoms with E-state index in [0.717, 1.165) is 24.2 Å². The van der Waals surface area contributed by atoms with Crippen LogP contribution in [0.15, 0.2) is 36.9 Å². The summed E-state index contributed by atoms with van der Waals surface area (Å²) in [7, 11) is 0. The molecule has 0 amide bonds. The molecule has 2 aromatic rings. The average Bonchev–Trinajstić information content (AvgIpc) is 3.02. The maximum absolute atomic E-state index is 4.40. The second-order valence-corrected chi connectivity index (χ2v) is 4.49. The van der Waals surface area contributed by atoms with Crippen LogP contribution in [0.5, 0.6) is 0 Å². The minimum Gasteiger partial charge on any atom is -0.312 e. The van der Waals surface area contributed by atoms with Gasteiger partial charge in [-0.2, -0.15) is 5.10 Å². The van der Waals surface area contributed by atoms with E-state index in [0.29, 0.717) is 6.04 Å². The number of hydrogen-bond donors (Lipinski definition) is 1. The van der Waals surface area contributed by atoms with Crippen molar-refractivity contribution in [1.29, 1.82) is 0 Å². The fourth-order valence-electron chi connectivity index (χ4n) is 2.28. The Labute approximate surface area is 101 Å². The lowest BCUT2D eigenvalue weighted by Crippen LogP contribution is -2.26. The summed E-state index contributed by atoms with van der Waals surface area (Å²) in [5.41, 5.74) is 2.26. The summed E-state index contributed by atoms with van der Waals surface area (Å²) < 4.78 is 2.02. The van der Waals surface area contributed by atoms with Gasteiger partial charge in [0.25, 0.3) is 0 Å². The number of pyridine rings is 1. The zero-order valence-electron chi connectivity index (χ0n) is 9.71. The molecule has 88 valence electrons. The molecule has 0 radical (unpaired) electrons. The number of rotatable bonds is 3. The molecule has 1 fully saturated rings. The zero-order valence-corrected chi connectivity index (χ0v) is 9.71. The van der Waals surface area contributed by atoms with E-state index in [4.69, 9.17) is 0 Å². The van der Waals surface area contributed by atoms with Crippen LogP contribution in [-0.4, -0.2) is 27.4 Å². The Balaban J connectivity index is 1.74. The second-order valence-electron chi connectivity index (χ2n) is 4.49. The maximum Gasteiger partial charge on any atom is 0.0568 e. The van der Waals surface area contributed by atoms with E-state index < -0.39 is 0 Å². The highest BCUT2D eigenvalue weighted by atomic mass is 15.3. The standard InChI is InChI=1S/C13H16N4/c1-3-11(7-14-5-1)12-8-16-17(9-12)10-13-4-2-6-15-13/h1,3,5,7-9,13,15H,2,4,6,10H2/t13-/m1/s1. The van der Waals surface area contributed by atoms with Gasteiger partial charge in [0.15, 0.2) is 0 Å². The summed E-state index contributed by atoms with van der Waals surface area (Å²) in [6, 6.07) is 4.59. The molecule has 1 atom stereocenters. The predicted octanol–water partition coefficient (Wildman–Crippen LogP) is 1.70. The minimum absolute atomic E-state index is 0.580. The maximum atomic E-state index is 4.40. The molecule has 0 saturated carbocycles. The van der Waals surface area contributed by atoms with Gasteiger partial charge in [-0.3, -0.25) is 9.67 Å². The van der Waals surface area contributed by atoms with Crippen molar-refractivity contribution in [3.63, 3.8) is 0 Å². The summed E-state index contributed by atoms with van der Waals surface area (Å²) in [6.07, 6.45) is 10.2. The monoisotopic (exact) mass is 228 g/mol. The Morgan fingerprint density at radius 1 is 1.35 bits per heavy atom. The second kappa shape index (κ2) is 4.67.